The summed E-state index contributed by atoms with van der Waals surface area (Å²) >= 11 is 0. The summed E-state index contributed by atoms with van der Waals surface area (Å²) in [5.74, 6) is 0. The lowest BCUT2D eigenvalue weighted by Crippen LogP contribution is -2.58. The first kappa shape index (κ1) is 13.4. The maximum Gasteiger partial charge on any atom is 0.315 e. The van der Waals surface area contributed by atoms with E-state index in [0.29, 0.717) is 18.0 Å². The number of amides is 2. The number of carbonyl (C=O) groups excluding carboxylic acids is 1. The summed E-state index contributed by atoms with van der Waals surface area (Å²) in [5.41, 5.74) is 1.31. The zero-order valence-corrected chi connectivity index (χ0v) is 11.6. The molecule has 0 radical (unpaired) electrons. The lowest BCUT2D eigenvalue weighted by Gasteiger charge is -2.51. The van der Waals surface area contributed by atoms with E-state index in [1.165, 1.54) is 6.42 Å². The second-order valence-electron chi connectivity index (χ2n) is 5.75. The Morgan fingerprint density at radius 2 is 2.25 bits per heavy atom. The van der Waals surface area contributed by atoms with Gasteiger partial charge in [-0.3, -0.25) is 4.98 Å². The monoisotopic (exact) mass is 275 g/mol. The number of hydrogen-bond acceptors (Lipinski definition) is 3. The fourth-order valence-electron chi connectivity index (χ4n) is 3.19. The van der Waals surface area contributed by atoms with Crippen LogP contribution < -0.4 is 10.6 Å². The first-order chi connectivity index (χ1) is 9.78. The van der Waals surface area contributed by atoms with Crippen molar-refractivity contribution in [3.63, 3.8) is 0 Å². The third-order valence-electron chi connectivity index (χ3n) is 4.64. The van der Waals surface area contributed by atoms with Crippen LogP contribution in [0.1, 0.15) is 31.2 Å². The number of aromatic nitrogens is 1. The van der Waals surface area contributed by atoms with Gasteiger partial charge in [0.05, 0.1) is 0 Å². The van der Waals surface area contributed by atoms with Crippen LogP contribution in [0.5, 0.6) is 0 Å². The van der Waals surface area contributed by atoms with E-state index >= 15 is 0 Å². The van der Waals surface area contributed by atoms with Gasteiger partial charge in [-0.15, -0.1) is 0 Å². The number of ether oxygens (including phenoxy) is 1. The largest absolute Gasteiger partial charge is 0.381 e. The molecule has 1 saturated heterocycles. The fraction of sp³-hybridized carbons (Fsp3) is 0.600. The first-order valence-electron chi connectivity index (χ1n) is 7.30. The summed E-state index contributed by atoms with van der Waals surface area (Å²) in [6.07, 6.45) is 7.93. The average molecular weight is 275 g/mol. The SMILES string of the molecule is O=C(NCc1cccnc1)NC1CCC12CCOCC2. The van der Waals surface area contributed by atoms with Gasteiger partial charge in [-0.05, 0) is 42.7 Å². The summed E-state index contributed by atoms with van der Waals surface area (Å²) in [5, 5.41) is 6.02. The zero-order valence-electron chi connectivity index (χ0n) is 11.6. The summed E-state index contributed by atoms with van der Waals surface area (Å²) in [4.78, 5) is 16.0. The number of urea groups is 1. The molecule has 1 aliphatic carbocycles. The highest BCUT2D eigenvalue weighted by atomic mass is 16.5. The van der Waals surface area contributed by atoms with Crippen molar-refractivity contribution in [2.75, 3.05) is 13.2 Å². The maximum absolute atomic E-state index is 12.0. The van der Waals surface area contributed by atoms with Crippen LogP contribution in [0.3, 0.4) is 0 Å². The standard InChI is InChI=1S/C15H21N3O2/c19-14(17-11-12-2-1-7-16-10-12)18-13-3-4-15(13)5-8-20-9-6-15/h1-2,7,10,13H,3-6,8-9,11H2,(H2,17,18,19). The van der Waals surface area contributed by atoms with E-state index in [1.807, 2.05) is 12.1 Å². The quantitative estimate of drug-likeness (QED) is 0.884. The van der Waals surface area contributed by atoms with Gasteiger partial charge in [0.1, 0.15) is 0 Å². The molecule has 1 aromatic rings. The van der Waals surface area contributed by atoms with Gasteiger partial charge < -0.3 is 15.4 Å². The number of nitrogens with one attached hydrogen (secondary N) is 2. The van der Waals surface area contributed by atoms with Crippen LogP contribution in [0.4, 0.5) is 4.79 Å². The molecule has 5 nitrogen and oxygen atoms in total. The molecule has 0 bridgehead atoms. The summed E-state index contributed by atoms with van der Waals surface area (Å²) in [6.45, 7) is 2.17. The van der Waals surface area contributed by atoms with Crippen molar-refractivity contribution in [1.82, 2.24) is 15.6 Å². The molecule has 2 amide bonds. The molecule has 1 aliphatic heterocycles. The Balaban J connectivity index is 1.47. The fourth-order valence-corrected chi connectivity index (χ4v) is 3.19. The Kier molecular flexibility index (Phi) is 3.87. The molecule has 5 heteroatoms. The van der Waals surface area contributed by atoms with Crippen molar-refractivity contribution in [3.8, 4) is 0 Å². The minimum atomic E-state index is -0.0792. The van der Waals surface area contributed by atoms with Gasteiger partial charge in [-0.1, -0.05) is 6.07 Å². The lowest BCUT2D eigenvalue weighted by atomic mass is 9.60. The van der Waals surface area contributed by atoms with E-state index in [9.17, 15) is 4.79 Å². The van der Waals surface area contributed by atoms with Crippen molar-refractivity contribution in [2.45, 2.75) is 38.3 Å². The molecule has 108 valence electrons. The van der Waals surface area contributed by atoms with Gasteiger partial charge in [0.2, 0.25) is 0 Å². The Labute approximate surface area is 119 Å². The second kappa shape index (κ2) is 5.79. The highest BCUT2D eigenvalue weighted by Gasteiger charge is 2.47. The molecule has 20 heavy (non-hydrogen) atoms. The van der Waals surface area contributed by atoms with Crippen LogP contribution in [0.2, 0.25) is 0 Å². The van der Waals surface area contributed by atoms with Gasteiger partial charge in [0.15, 0.2) is 0 Å². The smallest absolute Gasteiger partial charge is 0.315 e. The Hall–Kier alpha value is -1.62. The van der Waals surface area contributed by atoms with E-state index in [4.69, 9.17) is 4.74 Å². The Bertz CT molecular complexity index is 457. The molecule has 1 spiro atoms. The van der Waals surface area contributed by atoms with Crippen molar-refractivity contribution in [2.24, 2.45) is 5.41 Å². The molecule has 2 N–H and O–H groups in total. The molecule has 1 unspecified atom stereocenters. The number of hydrogen-bond donors (Lipinski definition) is 2. The minimum Gasteiger partial charge on any atom is -0.381 e. The third-order valence-corrected chi connectivity index (χ3v) is 4.64. The van der Waals surface area contributed by atoms with Crippen LogP contribution in [0.15, 0.2) is 24.5 Å². The molecule has 1 aromatic heterocycles. The molecule has 0 aromatic carbocycles. The molecule has 3 rings (SSSR count). The predicted molar refractivity (Wildman–Crippen MR) is 75.1 cm³/mol. The van der Waals surface area contributed by atoms with Crippen LogP contribution >= 0.6 is 0 Å². The van der Waals surface area contributed by atoms with Gasteiger partial charge in [-0.2, -0.15) is 0 Å². The van der Waals surface area contributed by atoms with Crippen LogP contribution in [0.25, 0.3) is 0 Å². The number of carbonyl (C=O) groups is 1. The minimum absolute atomic E-state index is 0.0792. The summed E-state index contributed by atoms with van der Waals surface area (Å²) in [6, 6.07) is 4.05. The van der Waals surface area contributed by atoms with E-state index < -0.39 is 0 Å². The van der Waals surface area contributed by atoms with E-state index in [0.717, 1.165) is 38.0 Å². The topological polar surface area (TPSA) is 63.2 Å². The normalized spacial score (nSPS) is 23.9. The van der Waals surface area contributed by atoms with Gasteiger partial charge in [0.25, 0.3) is 0 Å². The highest BCUT2D eigenvalue weighted by molar-refractivity contribution is 5.74. The lowest BCUT2D eigenvalue weighted by molar-refractivity contribution is -0.0511. The average Bonchev–Trinajstić information content (AvgIpc) is 2.51. The summed E-state index contributed by atoms with van der Waals surface area (Å²) < 4.78 is 5.42. The zero-order chi connectivity index (χ0) is 13.8. The number of nitrogens with zero attached hydrogens (tertiary/aromatic N) is 1. The molecule has 2 heterocycles. The number of rotatable bonds is 3. The first-order valence-corrected chi connectivity index (χ1v) is 7.30. The molecular weight excluding hydrogens is 254 g/mol. The molecular formula is C15H21N3O2. The predicted octanol–water partition coefficient (Wildman–Crippen LogP) is 1.84. The molecule has 2 aliphatic rings. The van der Waals surface area contributed by atoms with Gasteiger partial charge >= 0.3 is 6.03 Å². The third kappa shape index (κ3) is 2.77. The highest BCUT2D eigenvalue weighted by Crippen LogP contribution is 2.48. The Morgan fingerprint density at radius 3 is 2.90 bits per heavy atom. The van der Waals surface area contributed by atoms with E-state index in [2.05, 4.69) is 15.6 Å². The van der Waals surface area contributed by atoms with Crippen LogP contribution in [-0.4, -0.2) is 30.3 Å². The second-order valence-corrected chi connectivity index (χ2v) is 5.75. The molecule has 1 atom stereocenters. The summed E-state index contributed by atoms with van der Waals surface area (Å²) in [7, 11) is 0. The van der Waals surface area contributed by atoms with Crippen molar-refractivity contribution in [1.29, 1.82) is 0 Å². The van der Waals surface area contributed by atoms with E-state index in [1.54, 1.807) is 12.4 Å². The van der Waals surface area contributed by atoms with Crippen molar-refractivity contribution in [3.05, 3.63) is 30.1 Å². The van der Waals surface area contributed by atoms with Crippen molar-refractivity contribution < 1.29 is 9.53 Å². The molecule has 2 fully saturated rings. The number of pyridine rings is 1. The van der Waals surface area contributed by atoms with Crippen LogP contribution in [-0.2, 0) is 11.3 Å². The Morgan fingerprint density at radius 1 is 1.40 bits per heavy atom. The van der Waals surface area contributed by atoms with Gasteiger partial charge in [0, 0.05) is 38.2 Å². The molecule has 1 saturated carbocycles. The van der Waals surface area contributed by atoms with Gasteiger partial charge in [-0.25, -0.2) is 4.79 Å². The van der Waals surface area contributed by atoms with Crippen molar-refractivity contribution >= 4 is 6.03 Å². The maximum atomic E-state index is 12.0. The van der Waals surface area contributed by atoms with Crippen LogP contribution in [0, 0.1) is 5.41 Å². The van der Waals surface area contributed by atoms with E-state index in [-0.39, 0.29) is 6.03 Å².